The molecule has 1 heterocycles. The molecule has 88 valence electrons. The molecule has 0 spiro atoms. The van der Waals surface area contributed by atoms with E-state index in [1.165, 1.54) is 18.3 Å². The van der Waals surface area contributed by atoms with Gasteiger partial charge in [0.1, 0.15) is 5.82 Å². The molecule has 3 nitrogen and oxygen atoms in total. The average Bonchev–Trinajstić information content (AvgIpc) is 2.72. The Bertz CT molecular complexity index is 546. The number of carbonyl (C=O) groups is 1. The van der Waals surface area contributed by atoms with E-state index in [0.29, 0.717) is 16.8 Å². The average molecular weight is 232 g/mol. The lowest BCUT2D eigenvalue weighted by molar-refractivity contribution is 0.112. The molecule has 1 aromatic carbocycles. The van der Waals surface area contributed by atoms with Crippen molar-refractivity contribution in [3.05, 3.63) is 41.8 Å². The molecule has 0 amide bonds. The zero-order valence-electron chi connectivity index (χ0n) is 9.72. The van der Waals surface area contributed by atoms with Gasteiger partial charge in [0.05, 0.1) is 17.5 Å². The van der Waals surface area contributed by atoms with Crippen LogP contribution in [0.4, 0.5) is 4.39 Å². The summed E-state index contributed by atoms with van der Waals surface area (Å²) in [6.45, 7) is 3.93. The van der Waals surface area contributed by atoms with Crippen molar-refractivity contribution in [1.29, 1.82) is 0 Å². The highest BCUT2D eigenvalue weighted by Crippen LogP contribution is 2.25. The van der Waals surface area contributed by atoms with Crippen LogP contribution in [0.25, 0.3) is 11.3 Å². The molecule has 0 unspecified atom stereocenters. The normalized spacial score (nSPS) is 10.8. The van der Waals surface area contributed by atoms with Crippen molar-refractivity contribution in [1.82, 2.24) is 9.78 Å². The molecule has 0 radical (unpaired) electrons. The van der Waals surface area contributed by atoms with Crippen molar-refractivity contribution in [3.8, 4) is 11.3 Å². The van der Waals surface area contributed by atoms with Crippen LogP contribution in [0.15, 0.2) is 30.5 Å². The number of nitrogens with zero attached hydrogens (tertiary/aromatic N) is 2. The smallest absolute Gasteiger partial charge is 0.153 e. The van der Waals surface area contributed by atoms with Crippen LogP contribution in [0.1, 0.15) is 30.2 Å². The van der Waals surface area contributed by atoms with Crippen molar-refractivity contribution in [3.63, 3.8) is 0 Å². The Morgan fingerprint density at radius 3 is 2.76 bits per heavy atom. The van der Waals surface area contributed by atoms with Gasteiger partial charge in [-0.25, -0.2) is 4.39 Å². The summed E-state index contributed by atoms with van der Waals surface area (Å²) in [6, 6.07) is 6.29. The van der Waals surface area contributed by atoms with Crippen LogP contribution < -0.4 is 0 Å². The van der Waals surface area contributed by atoms with Gasteiger partial charge in [-0.3, -0.25) is 9.48 Å². The third kappa shape index (κ3) is 2.11. The van der Waals surface area contributed by atoms with E-state index in [9.17, 15) is 9.18 Å². The summed E-state index contributed by atoms with van der Waals surface area (Å²) in [5.74, 6) is -0.323. The van der Waals surface area contributed by atoms with Gasteiger partial charge < -0.3 is 0 Å². The van der Waals surface area contributed by atoms with E-state index in [-0.39, 0.29) is 11.9 Å². The molecular weight excluding hydrogens is 219 g/mol. The highest BCUT2D eigenvalue weighted by Gasteiger charge is 2.14. The van der Waals surface area contributed by atoms with Gasteiger partial charge in [0.15, 0.2) is 6.29 Å². The van der Waals surface area contributed by atoms with E-state index in [0.717, 1.165) is 6.29 Å². The van der Waals surface area contributed by atoms with Gasteiger partial charge in [0, 0.05) is 11.6 Å². The maximum absolute atomic E-state index is 13.2. The first-order valence-corrected chi connectivity index (χ1v) is 5.42. The maximum atomic E-state index is 13.2. The number of carbonyl (C=O) groups excluding carboxylic acids is 1. The molecular formula is C13H13FN2O. The van der Waals surface area contributed by atoms with Crippen LogP contribution in [-0.2, 0) is 0 Å². The Morgan fingerprint density at radius 2 is 2.18 bits per heavy atom. The lowest BCUT2D eigenvalue weighted by Crippen LogP contribution is -2.05. The zero-order valence-corrected chi connectivity index (χ0v) is 9.72. The molecule has 0 fully saturated rings. The fraction of sp³-hybridized carbons (Fsp3) is 0.231. The molecule has 2 aromatic rings. The van der Waals surface area contributed by atoms with Crippen molar-refractivity contribution in [2.24, 2.45) is 0 Å². The number of benzene rings is 1. The molecule has 17 heavy (non-hydrogen) atoms. The SMILES string of the molecule is CC(C)n1ncc(C=O)c1-c1cccc(F)c1. The van der Waals surface area contributed by atoms with E-state index in [1.807, 2.05) is 13.8 Å². The molecule has 0 saturated heterocycles. The number of hydrogen-bond acceptors (Lipinski definition) is 2. The Labute approximate surface area is 98.9 Å². The van der Waals surface area contributed by atoms with E-state index in [4.69, 9.17) is 0 Å². The molecule has 0 aliphatic carbocycles. The Kier molecular flexibility index (Phi) is 3.04. The molecule has 0 aliphatic heterocycles. The molecule has 0 saturated carbocycles. The van der Waals surface area contributed by atoms with Gasteiger partial charge in [0.2, 0.25) is 0 Å². The summed E-state index contributed by atoms with van der Waals surface area (Å²) >= 11 is 0. The Morgan fingerprint density at radius 1 is 1.41 bits per heavy atom. The van der Waals surface area contributed by atoms with E-state index in [1.54, 1.807) is 16.8 Å². The number of hydrogen-bond donors (Lipinski definition) is 0. The van der Waals surface area contributed by atoms with Crippen LogP contribution in [0.2, 0.25) is 0 Å². The predicted octanol–water partition coefficient (Wildman–Crippen LogP) is 3.08. The minimum absolute atomic E-state index is 0.113. The van der Waals surface area contributed by atoms with Crippen LogP contribution in [-0.4, -0.2) is 16.1 Å². The van der Waals surface area contributed by atoms with Crippen LogP contribution in [0.3, 0.4) is 0 Å². The molecule has 1 aromatic heterocycles. The van der Waals surface area contributed by atoms with Gasteiger partial charge in [-0.05, 0) is 26.0 Å². The van der Waals surface area contributed by atoms with E-state index in [2.05, 4.69) is 5.10 Å². The fourth-order valence-corrected chi connectivity index (χ4v) is 1.79. The van der Waals surface area contributed by atoms with Crippen molar-refractivity contribution in [2.45, 2.75) is 19.9 Å². The van der Waals surface area contributed by atoms with Crippen molar-refractivity contribution in [2.75, 3.05) is 0 Å². The number of rotatable bonds is 3. The van der Waals surface area contributed by atoms with Gasteiger partial charge in [-0.2, -0.15) is 5.10 Å². The highest BCUT2D eigenvalue weighted by atomic mass is 19.1. The summed E-state index contributed by atoms with van der Waals surface area (Å²) in [5, 5.41) is 4.16. The molecule has 0 bridgehead atoms. The summed E-state index contributed by atoms with van der Waals surface area (Å²) in [4.78, 5) is 11.0. The summed E-state index contributed by atoms with van der Waals surface area (Å²) in [5.41, 5.74) is 1.80. The quantitative estimate of drug-likeness (QED) is 0.762. The molecule has 0 aliphatic rings. The first-order valence-electron chi connectivity index (χ1n) is 5.42. The summed E-state index contributed by atoms with van der Waals surface area (Å²) in [7, 11) is 0. The molecule has 0 N–H and O–H groups in total. The second kappa shape index (κ2) is 4.49. The lowest BCUT2D eigenvalue weighted by Gasteiger charge is -2.11. The van der Waals surface area contributed by atoms with E-state index < -0.39 is 0 Å². The van der Waals surface area contributed by atoms with Gasteiger partial charge >= 0.3 is 0 Å². The van der Waals surface area contributed by atoms with Gasteiger partial charge in [0.25, 0.3) is 0 Å². The molecule has 0 atom stereocenters. The lowest BCUT2D eigenvalue weighted by atomic mass is 10.1. The first kappa shape index (κ1) is 11.5. The number of aldehydes is 1. The minimum atomic E-state index is -0.323. The number of halogens is 1. The van der Waals surface area contributed by atoms with Crippen molar-refractivity contribution >= 4 is 6.29 Å². The summed E-state index contributed by atoms with van der Waals surface area (Å²) in [6.07, 6.45) is 2.25. The highest BCUT2D eigenvalue weighted by molar-refractivity contribution is 5.85. The predicted molar refractivity (Wildman–Crippen MR) is 63.4 cm³/mol. The molecule has 2 rings (SSSR count). The second-order valence-corrected chi connectivity index (χ2v) is 4.12. The standard InChI is InChI=1S/C13H13FN2O/c1-9(2)16-13(11(8-17)7-15-16)10-4-3-5-12(14)6-10/h3-9H,1-2H3. The van der Waals surface area contributed by atoms with Crippen molar-refractivity contribution < 1.29 is 9.18 Å². The van der Waals surface area contributed by atoms with Crippen LogP contribution in [0, 0.1) is 5.82 Å². The van der Waals surface area contributed by atoms with Gasteiger partial charge in [-0.15, -0.1) is 0 Å². The molecule has 4 heteroatoms. The first-order chi connectivity index (χ1) is 8.13. The zero-order chi connectivity index (χ0) is 12.4. The van der Waals surface area contributed by atoms with Crippen LogP contribution >= 0.6 is 0 Å². The third-order valence-electron chi connectivity index (χ3n) is 2.54. The maximum Gasteiger partial charge on any atom is 0.153 e. The monoisotopic (exact) mass is 232 g/mol. The van der Waals surface area contributed by atoms with Crippen LogP contribution in [0.5, 0.6) is 0 Å². The topological polar surface area (TPSA) is 34.9 Å². The largest absolute Gasteiger partial charge is 0.298 e. The Hall–Kier alpha value is -1.97. The third-order valence-corrected chi connectivity index (χ3v) is 2.54. The minimum Gasteiger partial charge on any atom is -0.298 e. The van der Waals surface area contributed by atoms with E-state index >= 15 is 0 Å². The fourth-order valence-electron chi connectivity index (χ4n) is 1.79. The summed E-state index contributed by atoms with van der Waals surface area (Å²) < 4.78 is 14.9. The van der Waals surface area contributed by atoms with Gasteiger partial charge in [-0.1, -0.05) is 12.1 Å². The second-order valence-electron chi connectivity index (χ2n) is 4.12. The Balaban J connectivity index is 2.64. The number of aromatic nitrogens is 2.